The van der Waals surface area contributed by atoms with Crippen LogP contribution in [0.4, 0.5) is 0 Å². The summed E-state index contributed by atoms with van der Waals surface area (Å²) in [7, 11) is 0. The molecule has 1 aliphatic rings. The maximum atomic E-state index is 3.63. The second kappa shape index (κ2) is 1.78. The largest absolute Gasteiger partial charge is 0.0988 e. The van der Waals surface area contributed by atoms with Gasteiger partial charge >= 0.3 is 0 Å². The van der Waals surface area contributed by atoms with Gasteiger partial charge in [-0.05, 0) is 12.0 Å². The van der Waals surface area contributed by atoms with Crippen LogP contribution >= 0.6 is 0 Å². The Bertz CT molecular complexity index is 127. The van der Waals surface area contributed by atoms with Crippen LogP contribution in [0.15, 0.2) is 36.5 Å². The summed E-state index contributed by atoms with van der Waals surface area (Å²) in [6.07, 6.45) is 9.21. The maximum Gasteiger partial charge on any atom is -0.00945 e. The Morgan fingerprint density at radius 1 is 1.71 bits per heavy atom. The highest BCUT2D eigenvalue weighted by Gasteiger charge is 1.89. The van der Waals surface area contributed by atoms with Crippen LogP contribution in [0.2, 0.25) is 0 Å². The Morgan fingerprint density at radius 2 is 2.57 bits per heavy atom. The zero-order chi connectivity index (χ0) is 5.11. The Balaban J connectivity index is 2.61. The third-order valence-electron chi connectivity index (χ3n) is 1.06. The van der Waals surface area contributed by atoms with E-state index >= 15 is 0 Å². The van der Waals surface area contributed by atoms with Crippen LogP contribution in [-0.2, 0) is 0 Å². The molecule has 0 spiro atoms. The lowest BCUT2D eigenvalue weighted by Crippen LogP contribution is -1.62. The van der Waals surface area contributed by atoms with Gasteiger partial charge in [-0.25, -0.2) is 0 Å². The molecule has 0 unspecified atom stereocenters. The maximum absolute atomic E-state index is 3.63. The van der Waals surface area contributed by atoms with Gasteiger partial charge in [-0.1, -0.05) is 30.9 Å². The van der Waals surface area contributed by atoms with E-state index in [0.717, 1.165) is 6.42 Å². The van der Waals surface area contributed by atoms with Gasteiger partial charge in [0.15, 0.2) is 0 Å². The summed E-state index contributed by atoms with van der Waals surface area (Å²) in [6.45, 7) is 3.63. The highest BCUT2D eigenvalue weighted by molar-refractivity contribution is 5.30. The van der Waals surface area contributed by atoms with Crippen molar-refractivity contribution in [1.29, 1.82) is 0 Å². The monoisotopic (exact) mass is 93.1 g/mol. The molecule has 0 bridgehead atoms. The fourth-order valence-corrected chi connectivity index (χ4v) is 0.615. The van der Waals surface area contributed by atoms with Crippen LogP contribution in [0.3, 0.4) is 0 Å². The normalized spacial score (nSPS) is 16.9. The first-order chi connectivity index (χ1) is 3.43. The molecule has 0 saturated carbocycles. The SMILES string of the molecule is C=CC1=[13CH]C=CC1. The van der Waals surface area contributed by atoms with Crippen LogP contribution in [0.1, 0.15) is 6.42 Å². The van der Waals surface area contributed by atoms with E-state index in [-0.39, 0.29) is 0 Å². The Labute approximate surface area is 43.9 Å². The van der Waals surface area contributed by atoms with Crippen LogP contribution in [-0.4, -0.2) is 0 Å². The van der Waals surface area contributed by atoms with Gasteiger partial charge in [0.1, 0.15) is 0 Å². The lowest BCUT2D eigenvalue weighted by molar-refractivity contribution is 1.34. The molecule has 1 aliphatic carbocycles. The molecule has 7 heavy (non-hydrogen) atoms. The highest BCUT2D eigenvalue weighted by atomic mass is 14.2. The first-order valence-electron chi connectivity index (χ1n) is 2.41. The summed E-state index contributed by atoms with van der Waals surface area (Å²) in [5.41, 5.74) is 1.32. The molecule has 0 amide bonds. The molecule has 0 aromatic heterocycles. The van der Waals surface area contributed by atoms with Gasteiger partial charge < -0.3 is 0 Å². The zero-order valence-corrected chi connectivity index (χ0v) is 4.22. The van der Waals surface area contributed by atoms with Gasteiger partial charge in [0.25, 0.3) is 0 Å². The van der Waals surface area contributed by atoms with Gasteiger partial charge in [-0.3, -0.25) is 0 Å². The molecule has 0 saturated heterocycles. The molecule has 0 atom stereocenters. The van der Waals surface area contributed by atoms with Gasteiger partial charge in [0, 0.05) is 0 Å². The molecule has 0 radical (unpaired) electrons. The van der Waals surface area contributed by atoms with E-state index in [1.165, 1.54) is 5.57 Å². The average Bonchev–Trinajstić information content (AvgIpc) is 2.14. The Hall–Kier alpha value is -0.780. The zero-order valence-electron chi connectivity index (χ0n) is 4.22. The third-order valence-corrected chi connectivity index (χ3v) is 1.06. The van der Waals surface area contributed by atoms with Gasteiger partial charge in [-0.2, -0.15) is 0 Å². The number of hydrogen-bond donors (Lipinski definition) is 0. The summed E-state index contributed by atoms with van der Waals surface area (Å²) in [5.74, 6) is 0. The fraction of sp³-hybridized carbons (Fsp3) is 0.143. The van der Waals surface area contributed by atoms with Crippen molar-refractivity contribution in [2.24, 2.45) is 0 Å². The van der Waals surface area contributed by atoms with Crippen molar-refractivity contribution in [3.8, 4) is 0 Å². The van der Waals surface area contributed by atoms with Crippen LogP contribution in [0.25, 0.3) is 0 Å². The molecule has 0 aromatic rings. The first kappa shape index (κ1) is 4.38. The predicted octanol–water partition coefficient (Wildman–Crippen LogP) is 2.06. The minimum absolute atomic E-state index is 1.07. The molecule has 1 rings (SSSR count). The van der Waals surface area contributed by atoms with E-state index in [1.54, 1.807) is 0 Å². The number of allylic oxidation sites excluding steroid dienone is 5. The molecular formula is C7H8. The molecule has 36 valence electrons. The second-order valence-electron chi connectivity index (χ2n) is 1.58. The topological polar surface area (TPSA) is 0 Å². The molecule has 0 aromatic carbocycles. The smallest absolute Gasteiger partial charge is 0.00945 e. The summed E-state index contributed by atoms with van der Waals surface area (Å²) in [4.78, 5) is 0. The molecule has 0 heterocycles. The lowest BCUT2D eigenvalue weighted by Gasteiger charge is -1.82. The van der Waals surface area contributed by atoms with Crippen molar-refractivity contribution in [1.82, 2.24) is 0 Å². The van der Waals surface area contributed by atoms with Gasteiger partial charge in [0.2, 0.25) is 0 Å². The minimum Gasteiger partial charge on any atom is -0.0988 e. The fourth-order valence-electron chi connectivity index (χ4n) is 0.615. The van der Waals surface area contributed by atoms with E-state index in [0.29, 0.717) is 0 Å². The van der Waals surface area contributed by atoms with E-state index in [2.05, 4.69) is 24.8 Å². The third kappa shape index (κ3) is 0.801. The van der Waals surface area contributed by atoms with Crippen molar-refractivity contribution >= 4 is 0 Å². The summed E-state index contributed by atoms with van der Waals surface area (Å²) < 4.78 is 0. The van der Waals surface area contributed by atoms with E-state index in [4.69, 9.17) is 0 Å². The van der Waals surface area contributed by atoms with Gasteiger partial charge in [0.05, 0.1) is 0 Å². The van der Waals surface area contributed by atoms with Crippen molar-refractivity contribution in [3.63, 3.8) is 0 Å². The molecule has 0 fully saturated rings. The average molecular weight is 93.1 g/mol. The Morgan fingerprint density at radius 3 is 2.86 bits per heavy atom. The van der Waals surface area contributed by atoms with Crippen LogP contribution in [0, 0.1) is 0 Å². The summed E-state index contributed by atoms with van der Waals surface area (Å²) >= 11 is 0. The van der Waals surface area contributed by atoms with E-state index < -0.39 is 0 Å². The van der Waals surface area contributed by atoms with Crippen molar-refractivity contribution in [3.05, 3.63) is 36.5 Å². The van der Waals surface area contributed by atoms with Crippen molar-refractivity contribution in [2.45, 2.75) is 6.42 Å². The number of rotatable bonds is 1. The number of hydrogen-bond acceptors (Lipinski definition) is 0. The minimum atomic E-state index is 1.07. The Kier molecular flexibility index (Phi) is 1.12. The standard InChI is InChI=1S/C7H8/c1-2-7-5-3-4-6-7/h2-5H,1,6H2/i5+1. The van der Waals surface area contributed by atoms with Crippen LogP contribution < -0.4 is 0 Å². The predicted molar refractivity (Wildman–Crippen MR) is 32.0 cm³/mol. The molecule has 0 heteroatoms. The molecule has 0 N–H and O–H groups in total. The molecule has 0 nitrogen and oxygen atoms in total. The lowest BCUT2D eigenvalue weighted by atomic mass is 10.3. The quantitative estimate of drug-likeness (QED) is 0.435. The molecule has 0 aliphatic heterocycles. The highest BCUT2D eigenvalue weighted by Crippen LogP contribution is 2.09. The second-order valence-corrected chi connectivity index (χ2v) is 1.58. The van der Waals surface area contributed by atoms with Crippen molar-refractivity contribution in [2.75, 3.05) is 0 Å². The first-order valence-corrected chi connectivity index (χ1v) is 2.41. The van der Waals surface area contributed by atoms with E-state index in [9.17, 15) is 0 Å². The summed E-state index contributed by atoms with van der Waals surface area (Å²) in [5, 5.41) is 0. The van der Waals surface area contributed by atoms with E-state index in [1.807, 2.05) is 6.08 Å². The van der Waals surface area contributed by atoms with Crippen molar-refractivity contribution < 1.29 is 0 Å². The summed E-state index contributed by atoms with van der Waals surface area (Å²) in [6, 6.07) is 0. The van der Waals surface area contributed by atoms with Gasteiger partial charge in [-0.15, -0.1) is 0 Å². The van der Waals surface area contributed by atoms with Crippen LogP contribution in [0.5, 0.6) is 0 Å². The molecular weight excluding hydrogens is 85.1 g/mol.